The molecule has 0 unspecified atom stereocenters. The number of hydrogen-bond donors (Lipinski definition) is 0. The largest absolute Gasteiger partial charge is 0.469 e. The van der Waals surface area contributed by atoms with Gasteiger partial charge >= 0.3 is 5.97 Å². The highest BCUT2D eigenvalue weighted by Crippen LogP contribution is 2.20. The topological polar surface area (TPSA) is 68.5 Å². The zero-order chi connectivity index (χ0) is 13.8. The van der Waals surface area contributed by atoms with Gasteiger partial charge in [0.1, 0.15) is 0 Å². The minimum Gasteiger partial charge on any atom is -0.469 e. The summed E-state index contributed by atoms with van der Waals surface area (Å²) in [5.74, 6) is 1.60. The van der Waals surface area contributed by atoms with Gasteiger partial charge in [-0.05, 0) is 25.9 Å². The molecule has 2 rings (SSSR count). The summed E-state index contributed by atoms with van der Waals surface area (Å²) < 4.78 is 9.96. The first-order valence-corrected chi connectivity index (χ1v) is 6.72. The van der Waals surface area contributed by atoms with Gasteiger partial charge in [-0.2, -0.15) is 4.98 Å². The van der Waals surface area contributed by atoms with Gasteiger partial charge in [-0.3, -0.25) is 9.69 Å². The molecule has 0 bridgehead atoms. The van der Waals surface area contributed by atoms with E-state index in [0.717, 1.165) is 31.8 Å². The minimum atomic E-state index is -0.0960. The third-order valence-electron chi connectivity index (χ3n) is 3.46. The molecule has 1 aliphatic rings. The lowest BCUT2D eigenvalue weighted by Gasteiger charge is -2.29. The monoisotopic (exact) mass is 267 g/mol. The van der Waals surface area contributed by atoms with E-state index in [0.29, 0.717) is 12.4 Å². The van der Waals surface area contributed by atoms with Gasteiger partial charge in [0.15, 0.2) is 5.82 Å². The first kappa shape index (κ1) is 14.0. The van der Waals surface area contributed by atoms with Crippen molar-refractivity contribution in [2.24, 2.45) is 5.92 Å². The highest BCUT2D eigenvalue weighted by atomic mass is 16.5. The Morgan fingerprint density at radius 1 is 1.47 bits per heavy atom. The summed E-state index contributed by atoms with van der Waals surface area (Å²) in [6.07, 6.45) is 1.67. The van der Waals surface area contributed by atoms with Crippen LogP contribution in [0, 0.1) is 5.92 Å². The predicted octanol–water partition coefficient (Wildman–Crippen LogP) is 1.58. The SMILES string of the molecule is COC(=O)C1CCN(Cc2noc(C(C)C)n2)CC1. The van der Waals surface area contributed by atoms with Gasteiger partial charge in [0.05, 0.1) is 19.6 Å². The van der Waals surface area contributed by atoms with Crippen LogP contribution in [-0.2, 0) is 16.1 Å². The summed E-state index contributed by atoms with van der Waals surface area (Å²) in [7, 11) is 1.45. The number of esters is 1. The van der Waals surface area contributed by atoms with Crippen LogP contribution < -0.4 is 0 Å². The number of ether oxygens (including phenoxy) is 1. The predicted molar refractivity (Wildman–Crippen MR) is 68.4 cm³/mol. The molecule has 1 aromatic heterocycles. The normalized spacial score (nSPS) is 17.9. The molecule has 0 spiro atoms. The molecule has 0 N–H and O–H groups in total. The number of hydrogen-bond acceptors (Lipinski definition) is 6. The second-order valence-corrected chi connectivity index (χ2v) is 5.28. The molecule has 0 saturated carbocycles. The van der Waals surface area contributed by atoms with Crippen LogP contribution in [0.3, 0.4) is 0 Å². The van der Waals surface area contributed by atoms with Crippen molar-refractivity contribution in [2.45, 2.75) is 39.2 Å². The molecule has 1 saturated heterocycles. The molecular formula is C13H21N3O3. The van der Waals surface area contributed by atoms with Gasteiger partial charge in [-0.1, -0.05) is 19.0 Å². The summed E-state index contributed by atoms with van der Waals surface area (Å²) in [5, 5.41) is 3.98. The Kier molecular flexibility index (Phi) is 4.52. The van der Waals surface area contributed by atoms with Crippen LogP contribution in [0.25, 0.3) is 0 Å². The Labute approximate surface area is 113 Å². The van der Waals surface area contributed by atoms with Crippen LogP contribution >= 0.6 is 0 Å². The second-order valence-electron chi connectivity index (χ2n) is 5.28. The molecule has 0 aromatic carbocycles. The van der Waals surface area contributed by atoms with Crippen molar-refractivity contribution >= 4 is 5.97 Å². The quantitative estimate of drug-likeness (QED) is 0.771. The lowest BCUT2D eigenvalue weighted by atomic mass is 9.97. The van der Waals surface area contributed by atoms with Crippen LogP contribution in [0.15, 0.2) is 4.52 Å². The summed E-state index contributed by atoms with van der Waals surface area (Å²) >= 11 is 0. The Morgan fingerprint density at radius 2 is 2.16 bits per heavy atom. The first-order valence-electron chi connectivity index (χ1n) is 6.72. The number of rotatable bonds is 4. The third kappa shape index (κ3) is 3.53. The van der Waals surface area contributed by atoms with E-state index in [1.54, 1.807) is 0 Å². The van der Waals surface area contributed by atoms with Gasteiger partial charge in [0.25, 0.3) is 0 Å². The summed E-state index contributed by atoms with van der Waals surface area (Å²) in [5.41, 5.74) is 0. The van der Waals surface area contributed by atoms with Crippen molar-refractivity contribution in [1.82, 2.24) is 15.0 Å². The maximum atomic E-state index is 11.4. The zero-order valence-electron chi connectivity index (χ0n) is 11.8. The molecule has 6 heteroatoms. The van der Waals surface area contributed by atoms with E-state index in [1.807, 2.05) is 13.8 Å². The van der Waals surface area contributed by atoms with Crippen LogP contribution in [0.1, 0.15) is 44.3 Å². The highest BCUT2D eigenvalue weighted by Gasteiger charge is 2.26. The lowest BCUT2D eigenvalue weighted by molar-refractivity contribution is -0.147. The molecule has 1 aromatic rings. The Bertz CT molecular complexity index is 423. The average molecular weight is 267 g/mol. The van der Waals surface area contributed by atoms with E-state index >= 15 is 0 Å². The molecule has 6 nitrogen and oxygen atoms in total. The van der Waals surface area contributed by atoms with Gasteiger partial charge in [0, 0.05) is 5.92 Å². The molecule has 1 fully saturated rings. The minimum absolute atomic E-state index is 0.0396. The average Bonchev–Trinajstić information content (AvgIpc) is 2.87. The molecule has 2 heterocycles. The van der Waals surface area contributed by atoms with Gasteiger partial charge in [-0.15, -0.1) is 0 Å². The fourth-order valence-electron chi connectivity index (χ4n) is 2.26. The first-order chi connectivity index (χ1) is 9.10. The van der Waals surface area contributed by atoms with E-state index in [4.69, 9.17) is 9.26 Å². The molecule has 106 valence electrons. The molecular weight excluding hydrogens is 246 g/mol. The van der Waals surface area contributed by atoms with Crippen molar-refractivity contribution in [3.05, 3.63) is 11.7 Å². The van der Waals surface area contributed by atoms with Gasteiger partial charge < -0.3 is 9.26 Å². The van der Waals surface area contributed by atoms with Crippen LogP contribution in [0.5, 0.6) is 0 Å². The summed E-state index contributed by atoms with van der Waals surface area (Å²) in [4.78, 5) is 18.0. The zero-order valence-corrected chi connectivity index (χ0v) is 11.8. The number of carbonyl (C=O) groups is 1. The van der Waals surface area contributed by atoms with Crippen molar-refractivity contribution in [3.63, 3.8) is 0 Å². The highest BCUT2D eigenvalue weighted by molar-refractivity contribution is 5.72. The third-order valence-corrected chi connectivity index (χ3v) is 3.46. The van der Waals surface area contributed by atoms with Gasteiger partial charge in [-0.25, -0.2) is 0 Å². The van der Waals surface area contributed by atoms with Crippen molar-refractivity contribution in [3.8, 4) is 0 Å². The Morgan fingerprint density at radius 3 is 2.68 bits per heavy atom. The number of aromatic nitrogens is 2. The van der Waals surface area contributed by atoms with E-state index < -0.39 is 0 Å². The number of nitrogens with zero attached hydrogens (tertiary/aromatic N) is 3. The maximum absolute atomic E-state index is 11.4. The summed E-state index contributed by atoms with van der Waals surface area (Å²) in [6, 6.07) is 0. The maximum Gasteiger partial charge on any atom is 0.308 e. The standard InChI is InChI=1S/C13H21N3O3/c1-9(2)12-14-11(15-19-12)8-16-6-4-10(5-7-16)13(17)18-3/h9-10H,4-8H2,1-3H3. The Hall–Kier alpha value is -1.43. The van der Waals surface area contributed by atoms with Crippen LogP contribution in [-0.4, -0.2) is 41.2 Å². The molecule has 0 atom stereocenters. The van der Waals surface area contributed by atoms with Gasteiger partial charge in [0.2, 0.25) is 5.89 Å². The van der Waals surface area contributed by atoms with Crippen LogP contribution in [0.2, 0.25) is 0 Å². The van der Waals surface area contributed by atoms with Crippen molar-refractivity contribution < 1.29 is 14.1 Å². The number of piperidine rings is 1. The van der Waals surface area contributed by atoms with Crippen molar-refractivity contribution in [2.75, 3.05) is 20.2 Å². The lowest BCUT2D eigenvalue weighted by Crippen LogP contribution is -2.36. The molecule has 0 amide bonds. The molecule has 0 aliphatic carbocycles. The molecule has 19 heavy (non-hydrogen) atoms. The second kappa shape index (κ2) is 6.14. The fourth-order valence-corrected chi connectivity index (χ4v) is 2.26. The van der Waals surface area contributed by atoms with E-state index in [9.17, 15) is 4.79 Å². The molecule has 1 aliphatic heterocycles. The smallest absolute Gasteiger partial charge is 0.308 e. The van der Waals surface area contributed by atoms with Crippen LogP contribution in [0.4, 0.5) is 0 Å². The van der Waals surface area contributed by atoms with E-state index in [-0.39, 0.29) is 17.8 Å². The van der Waals surface area contributed by atoms with E-state index in [1.165, 1.54) is 7.11 Å². The number of methoxy groups -OCH3 is 1. The Balaban J connectivity index is 1.83. The van der Waals surface area contributed by atoms with Crippen molar-refractivity contribution in [1.29, 1.82) is 0 Å². The number of carbonyl (C=O) groups excluding carboxylic acids is 1. The number of likely N-dealkylation sites (tertiary alicyclic amines) is 1. The summed E-state index contributed by atoms with van der Waals surface area (Å²) in [6.45, 7) is 6.47. The molecule has 0 radical (unpaired) electrons. The fraction of sp³-hybridized carbons (Fsp3) is 0.769. The van der Waals surface area contributed by atoms with E-state index in [2.05, 4.69) is 15.0 Å².